The average molecular weight is 352 g/mol. The van der Waals surface area contributed by atoms with Crippen molar-refractivity contribution in [3.05, 3.63) is 68.9 Å². The van der Waals surface area contributed by atoms with Gasteiger partial charge in [0.15, 0.2) is 0 Å². The van der Waals surface area contributed by atoms with Gasteiger partial charge in [-0.2, -0.15) is 0 Å². The van der Waals surface area contributed by atoms with Crippen LogP contribution in [0.25, 0.3) is 0 Å². The smallest absolute Gasteiger partial charge is 0.124 e. The van der Waals surface area contributed by atoms with E-state index in [1.807, 2.05) is 22.2 Å². The number of rotatable bonds is 4. The van der Waals surface area contributed by atoms with Gasteiger partial charge in [0.05, 0.1) is 11.4 Å². The second-order valence-corrected chi connectivity index (χ2v) is 6.25. The first kappa shape index (κ1) is 13.5. The van der Waals surface area contributed by atoms with E-state index in [0.717, 1.165) is 20.9 Å². The van der Waals surface area contributed by atoms with E-state index in [1.54, 1.807) is 23.7 Å². The summed E-state index contributed by atoms with van der Waals surface area (Å²) >= 11 is 4.92. The SMILES string of the molecule is Fc1cc(Br)cc(Cn2ccnc2Cc2nccs2)c1. The largest absolute Gasteiger partial charge is 0.330 e. The third kappa shape index (κ3) is 3.13. The molecule has 0 amide bonds. The Hall–Kier alpha value is -1.53. The lowest BCUT2D eigenvalue weighted by Crippen LogP contribution is -2.05. The monoisotopic (exact) mass is 351 g/mol. The van der Waals surface area contributed by atoms with Gasteiger partial charge in [-0.3, -0.25) is 0 Å². The minimum atomic E-state index is -0.240. The van der Waals surface area contributed by atoms with Crippen LogP contribution >= 0.6 is 27.3 Å². The van der Waals surface area contributed by atoms with Gasteiger partial charge in [-0.1, -0.05) is 15.9 Å². The predicted octanol–water partition coefficient (Wildman–Crippen LogP) is 3.88. The molecule has 0 aliphatic carbocycles. The van der Waals surface area contributed by atoms with Gasteiger partial charge in [0.25, 0.3) is 0 Å². The molecule has 0 aliphatic rings. The highest BCUT2D eigenvalue weighted by atomic mass is 79.9. The summed E-state index contributed by atoms with van der Waals surface area (Å²) in [5.74, 6) is 0.691. The van der Waals surface area contributed by atoms with Crippen LogP contribution in [-0.2, 0) is 13.0 Å². The highest BCUT2D eigenvalue weighted by Crippen LogP contribution is 2.17. The zero-order chi connectivity index (χ0) is 13.9. The summed E-state index contributed by atoms with van der Waals surface area (Å²) in [5, 5.41) is 2.98. The molecule has 0 saturated carbocycles. The van der Waals surface area contributed by atoms with Crippen LogP contribution < -0.4 is 0 Å². The highest BCUT2D eigenvalue weighted by molar-refractivity contribution is 9.10. The third-order valence-corrected chi connectivity index (χ3v) is 4.11. The number of hydrogen-bond acceptors (Lipinski definition) is 3. The Kier molecular flexibility index (Phi) is 3.93. The molecule has 0 N–H and O–H groups in total. The van der Waals surface area contributed by atoms with Crippen molar-refractivity contribution in [2.24, 2.45) is 0 Å². The molecule has 0 bridgehead atoms. The van der Waals surface area contributed by atoms with Crippen LogP contribution in [0.2, 0.25) is 0 Å². The van der Waals surface area contributed by atoms with E-state index in [1.165, 1.54) is 12.1 Å². The summed E-state index contributed by atoms with van der Waals surface area (Å²) in [6, 6.07) is 4.90. The molecule has 3 nitrogen and oxygen atoms in total. The molecular weight excluding hydrogens is 341 g/mol. The lowest BCUT2D eigenvalue weighted by Gasteiger charge is -2.08. The first-order chi connectivity index (χ1) is 9.70. The quantitative estimate of drug-likeness (QED) is 0.714. The summed E-state index contributed by atoms with van der Waals surface area (Å²) in [4.78, 5) is 8.62. The average Bonchev–Trinajstić information content (AvgIpc) is 3.01. The Balaban J connectivity index is 1.82. The summed E-state index contributed by atoms with van der Waals surface area (Å²) in [6.45, 7) is 0.594. The molecule has 20 heavy (non-hydrogen) atoms. The molecule has 2 aromatic heterocycles. The molecule has 0 spiro atoms. The van der Waals surface area contributed by atoms with E-state index in [0.29, 0.717) is 13.0 Å². The first-order valence-electron chi connectivity index (χ1n) is 6.04. The Morgan fingerprint density at radius 2 is 2.10 bits per heavy atom. The fraction of sp³-hybridized carbons (Fsp3) is 0.143. The maximum atomic E-state index is 13.4. The maximum absolute atomic E-state index is 13.4. The Morgan fingerprint density at radius 1 is 1.20 bits per heavy atom. The van der Waals surface area contributed by atoms with E-state index in [9.17, 15) is 4.39 Å². The number of hydrogen-bond donors (Lipinski definition) is 0. The zero-order valence-electron chi connectivity index (χ0n) is 10.5. The topological polar surface area (TPSA) is 30.7 Å². The first-order valence-corrected chi connectivity index (χ1v) is 7.71. The molecule has 2 heterocycles. The van der Waals surface area contributed by atoms with Crippen molar-refractivity contribution in [3.63, 3.8) is 0 Å². The van der Waals surface area contributed by atoms with Gasteiger partial charge < -0.3 is 4.57 Å². The van der Waals surface area contributed by atoms with Crippen LogP contribution in [0.3, 0.4) is 0 Å². The fourth-order valence-corrected chi connectivity index (χ4v) is 3.15. The van der Waals surface area contributed by atoms with E-state index in [4.69, 9.17) is 0 Å². The van der Waals surface area contributed by atoms with E-state index < -0.39 is 0 Å². The van der Waals surface area contributed by atoms with Crippen LogP contribution in [-0.4, -0.2) is 14.5 Å². The van der Waals surface area contributed by atoms with Gasteiger partial charge >= 0.3 is 0 Å². The normalized spacial score (nSPS) is 10.9. The third-order valence-electron chi connectivity index (χ3n) is 2.87. The van der Waals surface area contributed by atoms with Crippen LogP contribution in [0.15, 0.2) is 46.6 Å². The highest BCUT2D eigenvalue weighted by Gasteiger charge is 2.07. The van der Waals surface area contributed by atoms with E-state index in [2.05, 4.69) is 25.9 Å². The molecule has 0 radical (unpaired) electrons. The Bertz CT molecular complexity index is 689. The van der Waals surface area contributed by atoms with Gasteiger partial charge in [0.2, 0.25) is 0 Å². The van der Waals surface area contributed by atoms with E-state index >= 15 is 0 Å². The Labute approximate surface area is 128 Å². The Morgan fingerprint density at radius 3 is 2.85 bits per heavy atom. The van der Waals surface area contributed by atoms with Gasteiger partial charge in [-0.05, 0) is 23.8 Å². The van der Waals surface area contributed by atoms with Gasteiger partial charge in [-0.25, -0.2) is 14.4 Å². The maximum Gasteiger partial charge on any atom is 0.124 e. The van der Waals surface area contributed by atoms with Crippen molar-refractivity contribution in [2.45, 2.75) is 13.0 Å². The molecule has 6 heteroatoms. The van der Waals surface area contributed by atoms with Gasteiger partial charge in [0, 0.05) is 35.0 Å². The van der Waals surface area contributed by atoms with Crippen molar-refractivity contribution >= 4 is 27.3 Å². The molecule has 0 atom stereocenters. The number of benzene rings is 1. The molecule has 1 aromatic carbocycles. The van der Waals surface area contributed by atoms with Crippen LogP contribution in [0.1, 0.15) is 16.4 Å². The van der Waals surface area contributed by atoms with Crippen LogP contribution in [0, 0.1) is 5.82 Å². The molecule has 0 aliphatic heterocycles. The molecule has 0 unspecified atom stereocenters. The van der Waals surface area contributed by atoms with E-state index in [-0.39, 0.29) is 5.82 Å². The number of nitrogens with zero attached hydrogens (tertiary/aromatic N) is 3. The van der Waals surface area contributed by atoms with Crippen molar-refractivity contribution in [2.75, 3.05) is 0 Å². The molecular formula is C14H11BrFN3S. The van der Waals surface area contributed by atoms with Crippen molar-refractivity contribution in [3.8, 4) is 0 Å². The second kappa shape index (κ2) is 5.85. The lowest BCUT2D eigenvalue weighted by molar-refractivity contribution is 0.621. The molecule has 3 aromatic rings. The summed E-state index contributed by atoms with van der Waals surface area (Å²) in [5.41, 5.74) is 0.898. The molecule has 102 valence electrons. The number of halogens is 2. The number of imidazole rings is 1. The minimum Gasteiger partial charge on any atom is -0.330 e. The lowest BCUT2D eigenvalue weighted by atomic mass is 10.2. The fourth-order valence-electron chi connectivity index (χ4n) is 2.03. The molecule has 3 rings (SSSR count). The minimum absolute atomic E-state index is 0.240. The summed E-state index contributed by atoms with van der Waals surface area (Å²) < 4.78 is 16.2. The van der Waals surface area contributed by atoms with Crippen LogP contribution in [0.4, 0.5) is 4.39 Å². The van der Waals surface area contributed by atoms with Crippen LogP contribution in [0.5, 0.6) is 0 Å². The summed E-state index contributed by atoms with van der Waals surface area (Å²) in [7, 11) is 0. The van der Waals surface area contributed by atoms with Crippen molar-refractivity contribution < 1.29 is 4.39 Å². The predicted molar refractivity (Wildman–Crippen MR) is 80.3 cm³/mol. The molecule has 0 fully saturated rings. The van der Waals surface area contributed by atoms with Gasteiger partial charge in [-0.15, -0.1) is 11.3 Å². The van der Waals surface area contributed by atoms with Crippen molar-refractivity contribution in [1.29, 1.82) is 0 Å². The zero-order valence-corrected chi connectivity index (χ0v) is 12.9. The van der Waals surface area contributed by atoms with Crippen molar-refractivity contribution in [1.82, 2.24) is 14.5 Å². The second-order valence-electron chi connectivity index (χ2n) is 4.35. The molecule has 0 saturated heterocycles. The number of aromatic nitrogens is 3. The number of thiazole rings is 1. The van der Waals surface area contributed by atoms with Gasteiger partial charge in [0.1, 0.15) is 11.6 Å². The summed E-state index contributed by atoms with van der Waals surface area (Å²) in [6.07, 6.45) is 6.15. The standard InChI is InChI=1S/C14H11BrFN3S/c15-11-5-10(6-12(16)7-11)9-19-3-1-17-13(19)8-14-18-2-4-20-14/h1-7H,8-9H2.